The smallest absolute Gasteiger partial charge is 0.232 e. The van der Waals surface area contributed by atoms with Crippen LogP contribution in [0.1, 0.15) is 17.7 Å². The Morgan fingerprint density at radius 2 is 2.24 bits per heavy atom. The van der Waals surface area contributed by atoms with Crippen molar-refractivity contribution < 1.29 is 9.32 Å². The Bertz CT molecular complexity index is 921. The molecule has 9 heteroatoms. The van der Waals surface area contributed by atoms with E-state index in [1.807, 2.05) is 46.4 Å². The Labute approximate surface area is 178 Å². The topological polar surface area (TPSA) is 67.4 Å². The number of rotatable bonds is 7. The fourth-order valence-electron chi connectivity index (χ4n) is 3.44. The van der Waals surface area contributed by atoms with E-state index in [9.17, 15) is 4.79 Å². The summed E-state index contributed by atoms with van der Waals surface area (Å²) in [7, 11) is 1.94. The van der Waals surface area contributed by atoms with E-state index in [1.54, 1.807) is 23.1 Å². The molecule has 3 aromatic rings. The molecule has 1 fully saturated rings. The van der Waals surface area contributed by atoms with E-state index >= 15 is 0 Å². The number of aromatic nitrogens is 3. The second-order valence-corrected chi connectivity index (χ2v) is 9.12. The Balaban J connectivity index is 1.21. The average Bonchev–Trinajstić information content (AvgIpc) is 3.43. The van der Waals surface area contributed by atoms with Gasteiger partial charge in [0, 0.05) is 63.4 Å². The molecule has 154 valence electrons. The SMILES string of the molecule is Cn1cc(CN2CCCN(C(=O)CSCc3cc(-c4cccs4)on3)CC2)cn1. The van der Waals surface area contributed by atoms with Gasteiger partial charge in [0.25, 0.3) is 0 Å². The van der Waals surface area contributed by atoms with Gasteiger partial charge in [-0.1, -0.05) is 11.2 Å². The molecule has 3 aromatic heterocycles. The number of thiophene rings is 1. The molecule has 0 N–H and O–H groups in total. The van der Waals surface area contributed by atoms with Gasteiger partial charge in [0.1, 0.15) is 0 Å². The maximum atomic E-state index is 12.6. The normalized spacial score (nSPS) is 15.6. The van der Waals surface area contributed by atoms with E-state index < -0.39 is 0 Å². The molecule has 1 saturated heterocycles. The molecule has 0 bridgehead atoms. The molecule has 0 spiro atoms. The second kappa shape index (κ2) is 9.60. The van der Waals surface area contributed by atoms with Gasteiger partial charge in [0.2, 0.25) is 5.91 Å². The van der Waals surface area contributed by atoms with Crippen LogP contribution in [-0.4, -0.2) is 62.6 Å². The van der Waals surface area contributed by atoms with Crippen molar-refractivity contribution in [1.29, 1.82) is 0 Å². The molecule has 4 heterocycles. The zero-order chi connectivity index (χ0) is 20.1. The lowest BCUT2D eigenvalue weighted by atomic mass is 10.3. The molecule has 0 aliphatic carbocycles. The van der Waals surface area contributed by atoms with Gasteiger partial charge in [-0.15, -0.1) is 23.1 Å². The molecule has 7 nitrogen and oxygen atoms in total. The molecule has 0 radical (unpaired) electrons. The van der Waals surface area contributed by atoms with E-state index in [0.717, 1.165) is 55.5 Å². The molecule has 4 rings (SSSR count). The highest BCUT2D eigenvalue weighted by atomic mass is 32.2. The van der Waals surface area contributed by atoms with Crippen LogP contribution in [0.15, 0.2) is 40.5 Å². The molecular formula is C20H25N5O2S2. The Morgan fingerprint density at radius 3 is 3.03 bits per heavy atom. The summed E-state index contributed by atoms with van der Waals surface area (Å²) in [4.78, 5) is 18.1. The van der Waals surface area contributed by atoms with Crippen LogP contribution in [0.25, 0.3) is 10.6 Å². The summed E-state index contributed by atoms with van der Waals surface area (Å²) < 4.78 is 7.23. The first-order valence-corrected chi connectivity index (χ1v) is 11.8. The van der Waals surface area contributed by atoms with Crippen LogP contribution in [0.5, 0.6) is 0 Å². The zero-order valence-electron chi connectivity index (χ0n) is 16.5. The van der Waals surface area contributed by atoms with Crippen LogP contribution in [0.3, 0.4) is 0 Å². The van der Waals surface area contributed by atoms with Crippen LogP contribution in [-0.2, 0) is 24.1 Å². The maximum absolute atomic E-state index is 12.6. The van der Waals surface area contributed by atoms with E-state index in [1.165, 1.54) is 5.56 Å². The molecule has 0 saturated carbocycles. The lowest BCUT2D eigenvalue weighted by molar-refractivity contribution is -0.128. The lowest BCUT2D eigenvalue weighted by Crippen LogP contribution is -2.36. The lowest BCUT2D eigenvalue weighted by Gasteiger charge is -2.21. The van der Waals surface area contributed by atoms with Crippen molar-refractivity contribution in [2.75, 3.05) is 31.9 Å². The first kappa shape index (κ1) is 20.2. The monoisotopic (exact) mass is 431 g/mol. The zero-order valence-corrected chi connectivity index (χ0v) is 18.1. The number of carbonyl (C=O) groups excluding carboxylic acids is 1. The summed E-state index contributed by atoms with van der Waals surface area (Å²) in [5.74, 6) is 2.16. The Kier molecular flexibility index (Phi) is 6.68. The molecule has 0 aromatic carbocycles. The van der Waals surface area contributed by atoms with Gasteiger partial charge in [0.05, 0.1) is 22.5 Å². The van der Waals surface area contributed by atoms with Crippen molar-refractivity contribution in [3.05, 3.63) is 47.2 Å². The Morgan fingerprint density at radius 1 is 1.31 bits per heavy atom. The summed E-state index contributed by atoms with van der Waals surface area (Å²) in [5, 5.41) is 10.4. The standard InChI is InChI=1S/C20H25N5O2S2/c1-23-12-16(11-21-23)13-24-5-3-6-25(8-7-24)20(26)15-28-14-17-10-18(27-22-17)19-4-2-9-29-19/h2,4,9-12H,3,5-8,13-15H2,1H3. The number of hydrogen-bond donors (Lipinski definition) is 0. The minimum Gasteiger partial charge on any atom is -0.355 e. The summed E-state index contributed by atoms with van der Waals surface area (Å²) in [5.41, 5.74) is 2.10. The van der Waals surface area contributed by atoms with Crippen molar-refractivity contribution in [1.82, 2.24) is 24.7 Å². The summed E-state index contributed by atoms with van der Waals surface area (Å²) in [6.07, 6.45) is 4.97. The highest BCUT2D eigenvalue weighted by Crippen LogP contribution is 2.26. The molecule has 1 aliphatic rings. The van der Waals surface area contributed by atoms with Crippen molar-refractivity contribution >= 4 is 29.0 Å². The van der Waals surface area contributed by atoms with Crippen molar-refractivity contribution in [3.63, 3.8) is 0 Å². The highest BCUT2D eigenvalue weighted by molar-refractivity contribution is 7.99. The number of carbonyl (C=O) groups is 1. The summed E-state index contributed by atoms with van der Waals surface area (Å²) in [6.45, 7) is 4.42. The molecule has 0 atom stereocenters. The predicted molar refractivity (Wildman–Crippen MR) is 116 cm³/mol. The number of amides is 1. The van der Waals surface area contributed by atoms with E-state index in [2.05, 4.69) is 21.4 Å². The summed E-state index contributed by atoms with van der Waals surface area (Å²) in [6, 6.07) is 5.97. The first-order chi connectivity index (χ1) is 14.2. The van der Waals surface area contributed by atoms with Crippen molar-refractivity contribution in [2.24, 2.45) is 7.05 Å². The summed E-state index contributed by atoms with van der Waals surface area (Å²) >= 11 is 3.23. The second-order valence-electron chi connectivity index (χ2n) is 7.19. The number of aryl methyl sites for hydroxylation is 1. The number of hydrogen-bond acceptors (Lipinski definition) is 7. The van der Waals surface area contributed by atoms with Crippen LogP contribution in [0, 0.1) is 0 Å². The van der Waals surface area contributed by atoms with Crippen LogP contribution < -0.4 is 0 Å². The molecule has 29 heavy (non-hydrogen) atoms. The average molecular weight is 432 g/mol. The van der Waals surface area contributed by atoms with Crippen molar-refractivity contribution in [2.45, 2.75) is 18.7 Å². The third kappa shape index (κ3) is 5.49. The molecule has 1 aliphatic heterocycles. The third-order valence-corrected chi connectivity index (χ3v) is 6.74. The fraction of sp³-hybridized carbons (Fsp3) is 0.450. The van der Waals surface area contributed by atoms with Crippen LogP contribution in [0.4, 0.5) is 0 Å². The van der Waals surface area contributed by atoms with Crippen LogP contribution in [0.2, 0.25) is 0 Å². The van der Waals surface area contributed by atoms with Gasteiger partial charge in [-0.3, -0.25) is 14.4 Å². The molecular weight excluding hydrogens is 406 g/mol. The van der Waals surface area contributed by atoms with E-state index in [0.29, 0.717) is 11.5 Å². The largest absolute Gasteiger partial charge is 0.355 e. The van der Waals surface area contributed by atoms with E-state index in [4.69, 9.17) is 4.52 Å². The number of thioether (sulfide) groups is 1. The van der Waals surface area contributed by atoms with Gasteiger partial charge < -0.3 is 9.42 Å². The van der Waals surface area contributed by atoms with Crippen LogP contribution >= 0.6 is 23.1 Å². The third-order valence-electron chi connectivity index (χ3n) is 4.90. The minimum absolute atomic E-state index is 0.209. The van der Waals surface area contributed by atoms with Gasteiger partial charge in [-0.2, -0.15) is 5.10 Å². The van der Waals surface area contributed by atoms with Crippen molar-refractivity contribution in [3.8, 4) is 10.6 Å². The predicted octanol–water partition coefficient (Wildman–Crippen LogP) is 3.10. The quantitative estimate of drug-likeness (QED) is 0.573. The Hall–Kier alpha value is -2.10. The van der Waals surface area contributed by atoms with Gasteiger partial charge in [-0.05, 0) is 17.9 Å². The maximum Gasteiger partial charge on any atom is 0.232 e. The van der Waals surface area contributed by atoms with Gasteiger partial charge in [0.15, 0.2) is 5.76 Å². The highest BCUT2D eigenvalue weighted by Gasteiger charge is 2.19. The number of nitrogens with zero attached hydrogens (tertiary/aromatic N) is 5. The van der Waals surface area contributed by atoms with Gasteiger partial charge in [-0.25, -0.2) is 0 Å². The molecule has 1 amide bonds. The van der Waals surface area contributed by atoms with Gasteiger partial charge >= 0.3 is 0 Å². The fourth-order valence-corrected chi connectivity index (χ4v) is 4.92. The first-order valence-electron chi connectivity index (χ1n) is 9.72. The minimum atomic E-state index is 0.209. The van der Waals surface area contributed by atoms with E-state index in [-0.39, 0.29) is 5.91 Å². The molecule has 0 unspecified atom stereocenters.